The fourth-order valence-corrected chi connectivity index (χ4v) is 2.15. The summed E-state index contributed by atoms with van der Waals surface area (Å²) >= 11 is 0. The van der Waals surface area contributed by atoms with Crippen molar-refractivity contribution in [2.24, 2.45) is 0 Å². The molecule has 2 rings (SSSR count). The van der Waals surface area contributed by atoms with E-state index in [1.165, 1.54) is 5.56 Å². The zero-order chi connectivity index (χ0) is 12.4. The molecular formula is C14H20O3. The lowest BCUT2D eigenvalue weighted by Gasteiger charge is -2.23. The van der Waals surface area contributed by atoms with E-state index in [2.05, 4.69) is 0 Å². The zero-order valence-corrected chi connectivity index (χ0v) is 10.4. The number of aryl methyl sites for hydroxylation is 1. The molecule has 0 radical (unpaired) electrons. The molecule has 0 heterocycles. The van der Waals surface area contributed by atoms with Crippen LogP contribution in [0.3, 0.4) is 0 Å². The monoisotopic (exact) mass is 236 g/mol. The molecule has 0 aliphatic heterocycles. The SMILES string of the molecule is CC(O)C(C)Oc1ccc2c(c1)CCCC2O. The highest BCUT2D eigenvalue weighted by Gasteiger charge is 2.19. The van der Waals surface area contributed by atoms with Crippen molar-refractivity contribution in [3.8, 4) is 5.75 Å². The maximum absolute atomic E-state index is 9.84. The number of aliphatic hydroxyl groups is 2. The Bertz CT molecular complexity index is 387. The summed E-state index contributed by atoms with van der Waals surface area (Å²) in [4.78, 5) is 0. The van der Waals surface area contributed by atoms with Crippen molar-refractivity contribution in [2.45, 2.75) is 51.4 Å². The van der Waals surface area contributed by atoms with Crippen LogP contribution in [0.5, 0.6) is 5.75 Å². The molecule has 0 aromatic heterocycles. The molecule has 0 saturated heterocycles. The molecule has 1 aliphatic rings. The van der Waals surface area contributed by atoms with Gasteiger partial charge in [-0.15, -0.1) is 0 Å². The van der Waals surface area contributed by atoms with E-state index in [4.69, 9.17) is 4.74 Å². The lowest BCUT2D eigenvalue weighted by molar-refractivity contribution is 0.0602. The number of hydrogen-bond acceptors (Lipinski definition) is 3. The van der Waals surface area contributed by atoms with E-state index in [0.29, 0.717) is 0 Å². The first kappa shape index (κ1) is 12.4. The molecule has 3 heteroatoms. The third kappa shape index (κ3) is 2.79. The Morgan fingerprint density at radius 3 is 2.82 bits per heavy atom. The first-order chi connectivity index (χ1) is 8.08. The van der Waals surface area contributed by atoms with Gasteiger partial charge in [-0.1, -0.05) is 6.07 Å². The summed E-state index contributed by atoms with van der Waals surface area (Å²) in [5.41, 5.74) is 2.19. The molecular weight excluding hydrogens is 216 g/mol. The van der Waals surface area contributed by atoms with Crippen molar-refractivity contribution in [1.29, 1.82) is 0 Å². The van der Waals surface area contributed by atoms with Crippen LogP contribution in [-0.2, 0) is 6.42 Å². The van der Waals surface area contributed by atoms with Crippen LogP contribution in [0.4, 0.5) is 0 Å². The van der Waals surface area contributed by atoms with Gasteiger partial charge in [-0.25, -0.2) is 0 Å². The average Bonchev–Trinajstić information content (AvgIpc) is 2.29. The molecule has 0 saturated carbocycles. The number of rotatable bonds is 3. The molecule has 3 unspecified atom stereocenters. The van der Waals surface area contributed by atoms with Gasteiger partial charge < -0.3 is 14.9 Å². The summed E-state index contributed by atoms with van der Waals surface area (Å²) in [5, 5.41) is 19.2. The van der Waals surface area contributed by atoms with E-state index in [-0.39, 0.29) is 12.2 Å². The summed E-state index contributed by atoms with van der Waals surface area (Å²) in [5.74, 6) is 0.770. The maximum atomic E-state index is 9.84. The van der Waals surface area contributed by atoms with Crippen LogP contribution in [0.15, 0.2) is 18.2 Å². The van der Waals surface area contributed by atoms with Crippen LogP contribution >= 0.6 is 0 Å². The molecule has 0 spiro atoms. The highest BCUT2D eigenvalue weighted by molar-refractivity contribution is 5.38. The summed E-state index contributed by atoms with van der Waals surface area (Å²) in [6.45, 7) is 3.56. The Balaban J connectivity index is 2.16. The number of hydrogen-bond donors (Lipinski definition) is 2. The van der Waals surface area contributed by atoms with Crippen molar-refractivity contribution < 1.29 is 14.9 Å². The third-order valence-electron chi connectivity index (χ3n) is 3.40. The summed E-state index contributed by atoms with van der Waals surface area (Å²) in [6, 6.07) is 5.78. The van der Waals surface area contributed by atoms with Crippen molar-refractivity contribution in [2.75, 3.05) is 0 Å². The van der Waals surface area contributed by atoms with Gasteiger partial charge in [-0.3, -0.25) is 0 Å². The fraction of sp³-hybridized carbons (Fsp3) is 0.571. The van der Waals surface area contributed by atoms with Gasteiger partial charge in [0, 0.05) is 0 Å². The second-order valence-corrected chi connectivity index (χ2v) is 4.83. The van der Waals surface area contributed by atoms with E-state index in [9.17, 15) is 10.2 Å². The highest BCUT2D eigenvalue weighted by atomic mass is 16.5. The summed E-state index contributed by atoms with van der Waals surface area (Å²) in [6.07, 6.45) is 1.81. The first-order valence-corrected chi connectivity index (χ1v) is 6.23. The number of aliphatic hydroxyl groups excluding tert-OH is 2. The Labute approximate surface area is 102 Å². The molecule has 0 amide bonds. The van der Waals surface area contributed by atoms with Gasteiger partial charge in [-0.2, -0.15) is 0 Å². The second kappa shape index (κ2) is 5.07. The minimum Gasteiger partial charge on any atom is -0.488 e. The maximum Gasteiger partial charge on any atom is 0.121 e. The zero-order valence-electron chi connectivity index (χ0n) is 10.4. The molecule has 1 aromatic carbocycles. The second-order valence-electron chi connectivity index (χ2n) is 4.83. The molecule has 1 aromatic rings. The van der Waals surface area contributed by atoms with E-state index < -0.39 is 6.10 Å². The van der Waals surface area contributed by atoms with Crippen LogP contribution in [0.1, 0.15) is 43.9 Å². The minimum atomic E-state index is -0.489. The van der Waals surface area contributed by atoms with E-state index in [0.717, 1.165) is 30.6 Å². The van der Waals surface area contributed by atoms with Gasteiger partial charge in [0.1, 0.15) is 11.9 Å². The van der Waals surface area contributed by atoms with E-state index >= 15 is 0 Å². The van der Waals surface area contributed by atoms with Gasteiger partial charge in [0.2, 0.25) is 0 Å². The van der Waals surface area contributed by atoms with Gasteiger partial charge >= 0.3 is 0 Å². The Morgan fingerprint density at radius 2 is 2.12 bits per heavy atom. The lowest BCUT2D eigenvalue weighted by atomic mass is 9.89. The summed E-state index contributed by atoms with van der Waals surface area (Å²) in [7, 11) is 0. The van der Waals surface area contributed by atoms with Gasteiger partial charge in [0.25, 0.3) is 0 Å². The standard InChI is InChI=1S/C14H20O3/c1-9(15)10(2)17-12-6-7-13-11(8-12)4-3-5-14(13)16/h6-10,14-16H,3-5H2,1-2H3. The molecule has 3 nitrogen and oxygen atoms in total. The molecule has 3 atom stereocenters. The predicted molar refractivity (Wildman–Crippen MR) is 66.1 cm³/mol. The first-order valence-electron chi connectivity index (χ1n) is 6.23. The van der Waals surface area contributed by atoms with Gasteiger partial charge in [-0.05, 0) is 56.4 Å². The normalized spacial score (nSPS) is 22.7. The van der Waals surface area contributed by atoms with Crippen molar-refractivity contribution in [3.05, 3.63) is 29.3 Å². The van der Waals surface area contributed by atoms with Crippen LogP contribution in [-0.4, -0.2) is 22.4 Å². The van der Waals surface area contributed by atoms with Gasteiger partial charge in [0.05, 0.1) is 12.2 Å². The lowest BCUT2D eigenvalue weighted by Crippen LogP contribution is -2.25. The van der Waals surface area contributed by atoms with E-state index in [1.54, 1.807) is 6.92 Å². The molecule has 2 N–H and O–H groups in total. The Morgan fingerprint density at radius 1 is 1.35 bits per heavy atom. The number of benzene rings is 1. The van der Waals surface area contributed by atoms with Crippen LogP contribution in [0.25, 0.3) is 0 Å². The smallest absolute Gasteiger partial charge is 0.121 e. The Kier molecular flexibility index (Phi) is 3.69. The largest absolute Gasteiger partial charge is 0.488 e. The predicted octanol–water partition coefficient (Wildman–Crippen LogP) is 2.20. The van der Waals surface area contributed by atoms with Crippen molar-refractivity contribution in [1.82, 2.24) is 0 Å². The highest BCUT2D eigenvalue weighted by Crippen LogP contribution is 2.32. The molecule has 94 valence electrons. The average molecular weight is 236 g/mol. The van der Waals surface area contributed by atoms with Gasteiger partial charge in [0.15, 0.2) is 0 Å². The number of ether oxygens (including phenoxy) is 1. The van der Waals surface area contributed by atoms with Crippen LogP contribution < -0.4 is 4.74 Å². The quantitative estimate of drug-likeness (QED) is 0.846. The third-order valence-corrected chi connectivity index (χ3v) is 3.40. The van der Waals surface area contributed by atoms with Crippen molar-refractivity contribution in [3.63, 3.8) is 0 Å². The molecule has 0 bridgehead atoms. The number of fused-ring (bicyclic) bond motifs is 1. The van der Waals surface area contributed by atoms with Crippen LogP contribution in [0.2, 0.25) is 0 Å². The minimum absolute atomic E-state index is 0.221. The van der Waals surface area contributed by atoms with Crippen LogP contribution in [0, 0.1) is 0 Å². The molecule has 0 fully saturated rings. The summed E-state index contributed by atoms with van der Waals surface area (Å²) < 4.78 is 5.65. The fourth-order valence-electron chi connectivity index (χ4n) is 2.15. The topological polar surface area (TPSA) is 49.7 Å². The molecule has 1 aliphatic carbocycles. The Hall–Kier alpha value is -1.06. The van der Waals surface area contributed by atoms with E-state index in [1.807, 2.05) is 25.1 Å². The molecule has 17 heavy (non-hydrogen) atoms. The van der Waals surface area contributed by atoms with Crippen molar-refractivity contribution >= 4 is 0 Å².